The maximum absolute atomic E-state index is 13.8. The minimum Gasteiger partial charge on any atom is -0.458 e. The maximum Gasteiger partial charge on any atom is 0.314 e. The number of esters is 1. The third kappa shape index (κ3) is 2.87. The molecule has 1 saturated heterocycles. The number of fused-ring (bicyclic) bond motifs is 4. The van der Waals surface area contributed by atoms with E-state index in [1.165, 1.54) is 5.57 Å². The molecule has 0 amide bonds. The zero-order chi connectivity index (χ0) is 24.9. The van der Waals surface area contributed by atoms with Crippen molar-refractivity contribution in [3.05, 3.63) is 11.6 Å². The zero-order valence-electron chi connectivity index (χ0n) is 22.5. The fraction of sp³-hybridized carbons (Fsp3) is 0.867. The van der Waals surface area contributed by atoms with Crippen LogP contribution in [0.1, 0.15) is 106 Å². The first-order valence-corrected chi connectivity index (χ1v) is 13.9. The van der Waals surface area contributed by atoms with Gasteiger partial charge in [-0.3, -0.25) is 9.59 Å². The number of hydrogen-bond acceptors (Lipinski definition) is 4. The van der Waals surface area contributed by atoms with E-state index in [1.54, 1.807) is 0 Å². The summed E-state index contributed by atoms with van der Waals surface area (Å²) in [5.74, 6) is 1.09. The van der Waals surface area contributed by atoms with Gasteiger partial charge in [0.2, 0.25) is 0 Å². The van der Waals surface area contributed by atoms with Crippen LogP contribution >= 0.6 is 0 Å². The van der Waals surface area contributed by atoms with Gasteiger partial charge in [-0.05, 0) is 85.9 Å². The summed E-state index contributed by atoms with van der Waals surface area (Å²) in [7, 11) is 0. The highest BCUT2D eigenvalue weighted by molar-refractivity contribution is 5.99. The molecule has 0 radical (unpaired) electrons. The lowest BCUT2D eigenvalue weighted by atomic mass is 9.41. The summed E-state index contributed by atoms with van der Waals surface area (Å²) >= 11 is 0. The van der Waals surface area contributed by atoms with Crippen LogP contribution in [0.25, 0.3) is 0 Å². The third-order valence-electron chi connectivity index (χ3n) is 11.8. The van der Waals surface area contributed by atoms with Crippen molar-refractivity contribution in [1.29, 1.82) is 0 Å². The first-order valence-electron chi connectivity index (χ1n) is 13.9. The van der Waals surface area contributed by atoms with Crippen LogP contribution in [-0.4, -0.2) is 28.6 Å². The Morgan fingerprint density at radius 2 is 1.79 bits per heavy atom. The summed E-state index contributed by atoms with van der Waals surface area (Å²) in [5, 5.41) is 10.8. The summed E-state index contributed by atoms with van der Waals surface area (Å²) in [5.41, 5.74) is -0.376. The Bertz CT molecular complexity index is 932. The minimum absolute atomic E-state index is 0.0283. The Balaban J connectivity index is 1.54. The second-order valence-corrected chi connectivity index (χ2v) is 14.3. The van der Waals surface area contributed by atoms with Crippen molar-refractivity contribution in [3.63, 3.8) is 0 Å². The van der Waals surface area contributed by atoms with E-state index in [4.69, 9.17) is 4.74 Å². The topological polar surface area (TPSA) is 63.6 Å². The average Bonchev–Trinajstić information content (AvgIpc) is 3.11. The van der Waals surface area contributed by atoms with E-state index in [1.807, 2.05) is 6.92 Å². The van der Waals surface area contributed by atoms with Crippen LogP contribution < -0.4 is 0 Å². The molecular weight excluding hydrogens is 424 g/mol. The molecule has 0 aromatic heterocycles. The van der Waals surface area contributed by atoms with Crippen LogP contribution in [0.4, 0.5) is 0 Å². The number of Topliss-reactive ketones (excluding diaryl/α,β-unsaturated/α-hetero) is 1. The molecular formula is C30H46O4. The Labute approximate surface area is 206 Å². The molecule has 1 N–H and O–H groups in total. The number of aliphatic hydroxyl groups excluding tert-OH is 1. The normalized spacial score (nSPS) is 49.1. The molecule has 1 aliphatic heterocycles. The predicted molar refractivity (Wildman–Crippen MR) is 133 cm³/mol. The van der Waals surface area contributed by atoms with Crippen LogP contribution in [0.3, 0.4) is 0 Å². The largest absolute Gasteiger partial charge is 0.458 e. The van der Waals surface area contributed by atoms with Gasteiger partial charge in [-0.15, -0.1) is 0 Å². The number of ether oxygens (including phenoxy) is 1. The average molecular weight is 471 g/mol. The molecule has 1 heterocycles. The van der Waals surface area contributed by atoms with Gasteiger partial charge in [-0.1, -0.05) is 59.6 Å². The summed E-state index contributed by atoms with van der Waals surface area (Å²) in [6, 6.07) is 0. The number of allylic oxidation sites excluding steroid dienone is 2. The number of cyclic esters (lactones) is 1. The highest BCUT2D eigenvalue weighted by Gasteiger charge is 2.78. The molecule has 190 valence electrons. The Morgan fingerprint density at radius 1 is 1.09 bits per heavy atom. The van der Waals surface area contributed by atoms with Gasteiger partial charge in [0, 0.05) is 6.42 Å². The molecule has 34 heavy (non-hydrogen) atoms. The summed E-state index contributed by atoms with van der Waals surface area (Å²) in [4.78, 5) is 27.6. The van der Waals surface area contributed by atoms with E-state index >= 15 is 0 Å². The van der Waals surface area contributed by atoms with E-state index in [9.17, 15) is 14.7 Å². The van der Waals surface area contributed by atoms with Crippen LogP contribution in [0.2, 0.25) is 0 Å². The van der Waals surface area contributed by atoms with Gasteiger partial charge in [0.05, 0.1) is 17.4 Å². The molecule has 8 atom stereocenters. The number of aliphatic hydroxyl groups is 1. The smallest absolute Gasteiger partial charge is 0.314 e. The fourth-order valence-electron chi connectivity index (χ4n) is 9.99. The molecule has 0 aromatic rings. The maximum atomic E-state index is 13.8. The quantitative estimate of drug-likeness (QED) is 0.389. The van der Waals surface area contributed by atoms with Crippen molar-refractivity contribution >= 4 is 11.8 Å². The SMILES string of the molecule is CC(C)CCCC1(C)OC(=O)C23CC=C4C(CCC5C4(C)CCC(O)C5(C)C)C2(C)CC(=O)C13. The number of carbonyl (C=O) groups excluding carboxylic acids is 2. The monoisotopic (exact) mass is 470 g/mol. The van der Waals surface area contributed by atoms with Crippen LogP contribution in [0.15, 0.2) is 11.6 Å². The van der Waals surface area contributed by atoms with Gasteiger partial charge in [0.25, 0.3) is 0 Å². The van der Waals surface area contributed by atoms with Gasteiger partial charge in [-0.2, -0.15) is 0 Å². The van der Waals surface area contributed by atoms with Crippen molar-refractivity contribution in [2.75, 3.05) is 0 Å². The summed E-state index contributed by atoms with van der Waals surface area (Å²) < 4.78 is 6.23. The summed E-state index contributed by atoms with van der Waals surface area (Å²) in [6.07, 6.45) is 9.96. The summed E-state index contributed by atoms with van der Waals surface area (Å²) in [6.45, 7) is 15.6. The number of ketones is 1. The van der Waals surface area contributed by atoms with E-state index < -0.39 is 11.0 Å². The van der Waals surface area contributed by atoms with Gasteiger partial charge < -0.3 is 9.84 Å². The lowest BCUT2D eigenvalue weighted by Gasteiger charge is -2.63. The molecule has 0 aromatic carbocycles. The highest BCUT2D eigenvalue weighted by Crippen LogP contribution is 2.75. The molecule has 1 spiro atoms. The van der Waals surface area contributed by atoms with Crippen molar-refractivity contribution in [2.45, 2.75) is 118 Å². The zero-order valence-corrected chi connectivity index (χ0v) is 22.5. The van der Waals surface area contributed by atoms with E-state index in [0.29, 0.717) is 24.7 Å². The van der Waals surface area contributed by atoms with E-state index in [-0.39, 0.29) is 45.9 Å². The Morgan fingerprint density at radius 3 is 2.47 bits per heavy atom. The molecule has 8 unspecified atom stereocenters. The predicted octanol–water partition coefficient (Wildman–Crippen LogP) is 6.25. The second-order valence-electron chi connectivity index (χ2n) is 14.3. The van der Waals surface area contributed by atoms with Gasteiger partial charge in [0.1, 0.15) is 11.4 Å². The molecule has 4 heteroatoms. The standard InChI is InChI=1S/C30H46O4/c1-18(2)9-8-14-29(7)24-21(31)17-28(6)20-10-11-22-26(3,4)23(32)13-15-27(22,5)19(20)12-16-30(24,28)25(33)34-29/h12,18,20,22-24,32H,8-11,13-17H2,1-7H3. The van der Waals surface area contributed by atoms with Crippen molar-refractivity contribution in [2.24, 2.45) is 45.3 Å². The number of carbonyl (C=O) groups is 2. The van der Waals surface area contributed by atoms with Crippen LogP contribution in [0.5, 0.6) is 0 Å². The van der Waals surface area contributed by atoms with Crippen molar-refractivity contribution < 1.29 is 19.4 Å². The van der Waals surface area contributed by atoms with Crippen LogP contribution in [0, 0.1) is 45.3 Å². The van der Waals surface area contributed by atoms with Crippen molar-refractivity contribution in [1.82, 2.24) is 0 Å². The van der Waals surface area contributed by atoms with Crippen molar-refractivity contribution in [3.8, 4) is 0 Å². The van der Waals surface area contributed by atoms with E-state index in [0.717, 1.165) is 44.9 Å². The Kier molecular flexibility index (Phi) is 5.36. The molecule has 4 aliphatic carbocycles. The lowest BCUT2D eigenvalue weighted by Crippen LogP contribution is -2.58. The fourth-order valence-corrected chi connectivity index (χ4v) is 9.99. The third-order valence-corrected chi connectivity index (χ3v) is 11.8. The van der Waals surface area contributed by atoms with Gasteiger partial charge in [-0.25, -0.2) is 0 Å². The van der Waals surface area contributed by atoms with E-state index in [2.05, 4.69) is 47.6 Å². The second kappa shape index (κ2) is 7.43. The molecule has 3 saturated carbocycles. The molecule has 4 nitrogen and oxygen atoms in total. The number of hydrogen-bond donors (Lipinski definition) is 1. The highest BCUT2D eigenvalue weighted by atomic mass is 16.6. The first kappa shape index (κ1) is 24.5. The van der Waals surface area contributed by atoms with Gasteiger partial charge in [0.15, 0.2) is 0 Å². The minimum atomic E-state index is -0.711. The Hall–Kier alpha value is -1.16. The molecule has 5 rings (SSSR count). The first-order chi connectivity index (χ1) is 15.7. The number of rotatable bonds is 4. The van der Waals surface area contributed by atoms with Gasteiger partial charge >= 0.3 is 5.97 Å². The lowest BCUT2D eigenvalue weighted by molar-refractivity contribution is -0.163. The molecule has 0 bridgehead atoms. The molecule has 5 aliphatic rings. The molecule has 4 fully saturated rings. The van der Waals surface area contributed by atoms with Crippen LogP contribution in [-0.2, 0) is 14.3 Å².